The van der Waals surface area contributed by atoms with Crippen molar-refractivity contribution in [2.24, 2.45) is 11.7 Å². The van der Waals surface area contributed by atoms with E-state index in [4.69, 9.17) is 15.2 Å². The molecule has 1 amide bonds. The smallest absolute Gasteiger partial charge is 0.221 e. The van der Waals surface area contributed by atoms with Gasteiger partial charge in [0.05, 0.1) is 19.6 Å². The van der Waals surface area contributed by atoms with E-state index >= 15 is 0 Å². The number of primary amides is 1. The topological polar surface area (TPSA) is 61.6 Å². The van der Waals surface area contributed by atoms with E-state index in [1.54, 1.807) is 0 Å². The molecule has 17 heavy (non-hydrogen) atoms. The fourth-order valence-electron chi connectivity index (χ4n) is 1.90. The summed E-state index contributed by atoms with van der Waals surface area (Å²) in [5.41, 5.74) is 6.04. The Kier molecular flexibility index (Phi) is 3.98. The summed E-state index contributed by atoms with van der Waals surface area (Å²) in [4.78, 5) is 10.9. The summed E-state index contributed by atoms with van der Waals surface area (Å²) in [7, 11) is 0. The maximum atomic E-state index is 10.9. The van der Waals surface area contributed by atoms with Crippen molar-refractivity contribution < 1.29 is 14.3 Å². The second kappa shape index (κ2) is 5.68. The van der Waals surface area contributed by atoms with Gasteiger partial charge in [-0.3, -0.25) is 4.79 Å². The summed E-state index contributed by atoms with van der Waals surface area (Å²) in [6, 6.07) is 7.51. The van der Waals surface area contributed by atoms with Gasteiger partial charge < -0.3 is 15.2 Å². The Balaban J connectivity index is 1.96. The predicted molar refractivity (Wildman–Crippen MR) is 63.8 cm³/mol. The maximum absolute atomic E-state index is 10.9. The average Bonchev–Trinajstić information content (AvgIpc) is 2.80. The maximum Gasteiger partial charge on any atom is 0.221 e. The van der Waals surface area contributed by atoms with E-state index in [-0.39, 0.29) is 12.3 Å². The quantitative estimate of drug-likeness (QED) is 0.832. The average molecular weight is 235 g/mol. The highest BCUT2D eigenvalue weighted by atomic mass is 16.5. The fourth-order valence-corrected chi connectivity index (χ4v) is 1.90. The molecule has 1 saturated heterocycles. The number of carbonyl (C=O) groups is 1. The van der Waals surface area contributed by atoms with Gasteiger partial charge in [0.25, 0.3) is 0 Å². The van der Waals surface area contributed by atoms with Crippen LogP contribution in [0.3, 0.4) is 0 Å². The molecule has 1 fully saturated rings. The third-order valence-electron chi connectivity index (χ3n) is 2.84. The number of hydrogen-bond donors (Lipinski definition) is 1. The highest BCUT2D eigenvalue weighted by molar-refractivity contribution is 5.77. The van der Waals surface area contributed by atoms with Crippen molar-refractivity contribution in [2.45, 2.75) is 12.8 Å². The van der Waals surface area contributed by atoms with Gasteiger partial charge in [-0.2, -0.15) is 0 Å². The molecule has 1 aliphatic rings. The van der Waals surface area contributed by atoms with E-state index in [1.807, 2.05) is 24.3 Å². The van der Waals surface area contributed by atoms with Crippen molar-refractivity contribution in [2.75, 3.05) is 19.8 Å². The Morgan fingerprint density at radius 1 is 1.47 bits per heavy atom. The van der Waals surface area contributed by atoms with Crippen LogP contribution in [0.2, 0.25) is 0 Å². The molecule has 0 bridgehead atoms. The van der Waals surface area contributed by atoms with Gasteiger partial charge in [-0.05, 0) is 12.5 Å². The third-order valence-corrected chi connectivity index (χ3v) is 2.84. The van der Waals surface area contributed by atoms with Gasteiger partial charge in [-0.25, -0.2) is 0 Å². The molecule has 0 spiro atoms. The molecule has 0 aliphatic carbocycles. The lowest BCUT2D eigenvalue weighted by atomic mass is 10.1. The summed E-state index contributed by atoms with van der Waals surface area (Å²) in [6.07, 6.45) is 1.26. The molecule has 1 atom stereocenters. The lowest BCUT2D eigenvalue weighted by Crippen LogP contribution is -2.16. The molecule has 0 saturated carbocycles. The Morgan fingerprint density at radius 3 is 3.00 bits per heavy atom. The largest absolute Gasteiger partial charge is 0.493 e. The van der Waals surface area contributed by atoms with E-state index in [0.29, 0.717) is 12.5 Å². The zero-order valence-corrected chi connectivity index (χ0v) is 9.72. The molecule has 2 N–H and O–H groups in total. The highest BCUT2D eigenvalue weighted by Gasteiger charge is 2.17. The molecule has 92 valence electrons. The number of ether oxygens (including phenoxy) is 2. The molecule has 1 aromatic rings. The van der Waals surface area contributed by atoms with Crippen molar-refractivity contribution >= 4 is 5.91 Å². The van der Waals surface area contributed by atoms with E-state index in [1.165, 1.54) is 0 Å². The Bertz CT molecular complexity index is 386. The normalized spacial score (nSPS) is 19.2. The first-order chi connectivity index (χ1) is 8.25. The van der Waals surface area contributed by atoms with Crippen LogP contribution in [-0.4, -0.2) is 25.7 Å². The third kappa shape index (κ3) is 3.46. The van der Waals surface area contributed by atoms with E-state index in [2.05, 4.69) is 0 Å². The minimum Gasteiger partial charge on any atom is -0.493 e. The van der Waals surface area contributed by atoms with Crippen molar-refractivity contribution in [1.82, 2.24) is 0 Å². The van der Waals surface area contributed by atoms with Crippen molar-refractivity contribution in [3.05, 3.63) is 29.8 Å². The van der Waals surface area contributed by atoms with Gasteiger partial charge in [0.15, 0.2) is 0 Å². The van der Waals surface area contributed by atoms with Crippen LogP contribution in [0.1, 0.15) is 12.0 Å². The number of carbonyl (C=O) groups excluding carboxylic acids is 1. The van der Waals surface area contributed by atoms with Crippen LogP contribution in [0.15, 0.2) is 24.3 Å². The van der Waals surface area contributed by atoms with E-state index < -0.39 is 0 Å². The Morgan fingerprint density at radius 2 is 2.29 bits per heavy atom. The number of para-hydroxylation sites is 1. The fraction of sp³-hybridized carbons (Fsp3) is 0.462. The first kappa shape index (κ1) is 11.9. The summed E-state index contributed by atoms with van der Waals surface area (Å²) >= 11 is 0. The van der Waals surface area contributed by atoms with Crippen molar-refractivity contribution in [1.29, 1.82) is 0 Å². The lowest BCUT2D eigenvalue weighted by Gasteiger charge is -2.13. The van der Waals surface area contributed by atoms with E-state index in [9.17, 15) is 4.79 Å². The molecule has 4 nitrogen and oxygen atoms in total. The number of hydrogen-bond acceptors (Lipinski definition) is 3. The first-order valence-corrected chi connectivity index (χ1v) is 5.82. The minimum atomic E-state index is -0.342. The first-order valence-electron chi connectivity index (χ1n) is 5.82. The molecule has 2 rings (SSSR count). The Hall–Kier alpha value is -1.55. The van der Waals surface area contributed by atoms with Gasteiger partial charge in [0, 0.05) is 18.1 Å². The van der Waals surface area contributed by atoms with Gasteiger partial charge in [-0.15, -0.1) is 0 Å². The van der Waals surface area contributed by atoms with Gasteiger partial charge >= 0.3 is 0 Å². The molecule has 0 radical (unpaired) electrons. The second-order valence-corrected chi connectivity index (χ2v) is 4.29. The molecular weight excluding hydrogens is 218 g/mol. The van der Waals surface area contributed by atoms with Crippen molar-refractivity contribution in [3.8, 4) is 5.75 Å². The molecular formula is C13H17NO3. The van der Waals surface area contributed by atoms with Crippen LogP contribution < -0.4 is 10.5 Å². The predicted octanol–water partition coefficient (Wildman–Crippen LogP) is 1.13. The summed E-state index contributed by atoms with van der Waals surface area (Å²) in [5.74, 6) is 0.861. The molecule has 1 aromatic carbocycles. The minimum absolute atomic E-state index is 0.220. The summed E-state index contributed by atoms with van der Waals surface area (Å²) in [6.45, 7) is 2.21. The number of benzene rings is 1. The van der Waals surface area contributed by atoms with Gasteiger partial charge in [0.2, 0.25) is 5.91 Å². The van der Waals surface area contributed by atoms with Crippen molar-refractivity contribution in [3.63, 3.8) is 0 Å². The molecule has 1 aliphatic heterocycles. The number of nitrogens with two attached hydrogens (primary N) is 1. The van der Waals surface area contributed by atoms with Gasteiger partial charge in [0.1, 0.15) is 5.75 Å². The monoisotopic (exact) mass is 235 g/mol. The number of rotatable bonds is 5. The van der Waals surface area contributed by atoms with Crippen LogP contribution in [0.4, 0.5) is 0 Å². The highest BCUT2D eigenvalue weighted by Crippen LogP contribution is 2.21. The van der Waals surface area contributed by atoms with E-state index in [0.717, 1.165) is 30.9 Å². The summed E-state index contributed by atoms with van der Waals surface area (Å²) < 4.78 is 11.0. The molecule has 0 aromatic heterocycles. The van der Waals surface area contributed by atoms with Crippen LogP contribution in [0.25, 0.3) is 0 Å². The Labute approximate surface area is 101 Å². The van der Waals surface area contributed by atoms with Crippen LogP contribution >= 0.6 is 0 Å². The van der Waals surface area contributed by atoms with Crippen LogP contribution in [0, 0.1) is 5.92 Å². The second-order valence-electron chi connectivity index (χ2n) is 4.29. The SMILES string of the molecule is NC(=O)Cc1ccccc1OCC1CCOC1. The zero-order valence-electron chi connectivity index (χ0n) is 9.72. The summed E-state index contributed by atoms with van der Waals surface area (Å²) in [5, 5.41) is 0. The lowest BCUT2D eigenvalue weighted by molar-refractivity contribution is -0.117. The zero-order chi connectivity index (χ0) is 12.1. The molecule has 1 unspecified atom stereocenters. The number of amides is 1. The van der Waals surface area contributed by atoms with Gasteiger partial charge in [-0.1, -0.05) is 18.2 Å². The molecule has 1 heterocycles. The van der Waals surface area contributed by atoms with Crippen LogP contribution in [0.5, 0.6) is 5.75 Å². The standard InChI is InChI=1S/C13H17NO3/c14-13(15)7-11-3-1-2-4-12(11)17-9-10-5-6-16-8-10/h1-4,10H,5-9H2,(H2,14,15). The van der Waals surface area contributed by atoms with Crippen LogP contribution in [-0.2, 0) is 16.0 Å². The molecule has 4 heteroatoms.